The highest BCUT2D eigenvalue weighted by Crippen LogP contribution is 2.27. The molecular formula is C26H22N4O5. The Morgan fingerprint density at radius 1 is 1.09 bits per heavy atom. The Balaban J connectivity index is 0.000000189. The number of imide groups is 1. The minimum absolute atomic E-state index is 0.0777. The molecule has 1 unspecified atom stereocenters. The van der Waals surface area contributed by atoms with Crippen LogP contribution < -0.4 is 15.4 Å². The monoisotopic (exact) mass is 470 g/mol. The zero-order valence-electron chi connectivity index (χ0n) is 19.0. The normalized spacial score (nSPS) is 15.8. The molecule has 3 N–H and O–H groups in total. The molecular weight excluding hydrogens is 448 g/mol. The van der Waals surface area contributed by atoms with Gasteiger partial charge in [0.1, 0.15) is 11.5 Å². The van der Waals surface area contributed by atoms with E-state index in [4.69, 9.17) is 4.74 Å². The van der Waals surface area contributed by atoms with E-state index >= 15 is 0 Å². The van der Waals surface area contributed by atoms with Gasteiger partial charge in [0.05, 0.1) is 12.8 Å². The first-order valence-corrected chi connectivity index (χ1v) is 10.7. The van der Waals surface area contributed by atoms with E-state index in [0.717, 1.165) is 16.9 Å². The number of ether oxygens (including phenoxy) is 1. The number of hydrogen-bond acceptors (Lipinski definition) is 6. The van der Waals surface area contributed by atoms with Crippen LogP contribution in [0.3, 0.4) is 0 Å². The van der Waals surface area contributed by atoms with Crippen LogP contribution in [0.1, 0.15) is 21.5 Å². The molecule has 4 amide bonds. The largest absolute Gasteiger partial charge is 0.507 e. The fraction of sp³-hybridized carbons (Fsp3) is 0.154. The van der Waals surface area contributed by atoms with Gasteiger partial charge < -0.3 is 20.1 Å². The maximum absolute atomic E-state index is 11.5. The summed E-state index contributed by atoms with van der Waals surface area (Å²) in [5.41, 5.74) is 3.70. The van der Waals surface area contributed by atoms with E-state index in [1.54, 1.807) is 61.7 Å². The lowest BCUT2D eigenvalue weighted by molar-refractivity contribution is -0.119. The van der Waals surface area contributed by atoms with E-state index in [9.17, 15) is 19.5 Å². The molecule has 0 saturated carbocycles. The van der Waals surface area contributed by atoms with Crippen molar-refractivity contribution in [3.8, 4) is 34.6 Å². The van der Waals surface area contributed by atoms with Gasteiger partial charge in [-0.1, -0.05) is 30.0 Å². The van der Waals surface area contributed by atoms with Gasteiger partial charge in [-0.05, 0) is 42.0 Å². The molecule has 0 bridgehead atoms. The second kappa shape index (κ2) is 9.97. The number of methoxy groups -OCH3 is 1. The maximum atomic E-state index is 11.5. The van der Waals surface area contributed by atoms with Crippen LogP contribution in [0.2, 0.25) is 0 Å². The van der Waals surface area contributed by atoms with E-state index in [1.165, 1.54) is 0 Å². The molecule has 2 aromatic carbocycles. The van der Waals surface area contributed by atoms with Crippen LogP contribution in [0, 0.1) is 11.8 Å². The van der Waals surface area contributed by atoms with Crippen LogP contribution in [-0.4, -0.2) is 53.0 Å². The number of carbonyl (C=O) groups is 3. The number of aromatic nitrogens is 1. The predicted molar refractivity (Wildman–Crippen MR) is 127 cm³/mol. The fourth-order valence-electron chi connectivity index (χ4n) is 3.54. The SMILES string of the molecule is COc1ccc2c(c1)C(=O)N(C)C2.O=C1NC(=O)C(C#Cc2ccc(-c3ccccc3O)nc2)N1. The van der Waals surface area contributed by atoms with Crippen molar-refractivity contribution >= 4 is 17.8 Å². The molecule has 1 atom stereocenters. The van der Waals surface area contributed by atoms with Crippen molar-refractivity contribution in [2.45, 2.75) is 12.6 Å². The van der Waals surface area contributed by atoms with Crippen LogP contribution >= 0.6 is 0 Å². The quantitative estimate of drug-likeness (QED) is 0.390. The van der Waals surface area contributed by atoms with Gasteiger partial charge in [-0.15, -0.1) is 0 Å². The number of urea groups is 1. The Bertz CT molecular complexity index is 1360. The highest BCUT2D eigenvalue weighted by molar-refractivity contribution is 6.05. The van der Waals surface area contributed by atoms with E-state index in [1.807, 2.05) is 18.2 Å². The number of nitrogens with zero attached hydrogens (tertiary/aromatic N) is 2. The minimum atomic E-state index is -0.842. The van der Waals surface area contributed by atoms with E-state index in [-0.39, 0.29) is 11.7 Å². The van der Waals surface area contributed by atoms with Crippen LogP contribution in [0.4, 0.5) is 4.79 Å². The average molecular weight is 470 g/mol. The third-order valence-electron chi connectivity index (χ3n) is 5.38. The molecule has 2 aliphatic rings. The molecule has 3 aromatic rings. The minimum Gasteiger partial charge on any atom is -0.507 e. The van der Waals surface area contributed by atoms with Gasteiger partial charge in [0.15, 0.2) is 6.04 Å². The summed E-state index contributed by atoms with van der Waals surface area (Å²) in [6, 6.07) is 14.6. The standard InChI is InChI=1S/C16H11N3O3.C10H11NO2/c20-14-4-2-1-3-11(14)12-7-5-10(9-17-12)6-8-13-15(21)19-16(22)18-13;1-11-6-7-3-4-8(13-2)5-9(7)10(11)12/h1-5,7,9,13,20H,(H2,18,19,21,22);3-5H,6H2,1-2H3. The van der Waals surface area contributed by atoms with Gasteiger partial charge in [0.25, 0.3) is 11.8 Å². The third-order valence-corrected chi connectivity index (χ3v) is 5.38. The second-order valence-electron chi connectivity index (χ2n) is 7.80. The molecule has 1 saturated heterocycles. The van der Waals surface area contributed by atoms with Gasteiger partial charge in [0, 0.05) is 36.5 Å². The lowest BCUT2D eigenvalue weighted by Gasteiger charge is -2.04. The maximum Gasteiger partial charge on any atom is 0.322 e. The van der Waals surface area contributed by atoms with Crippen LogP contribution in [0.5, 0.6) is 11.5 Å². The van der Waals surface area contributed by atoms with Crippen molar-refractivity contribution in [2.75, 3.05) is 14.2 Å². The van der Waals surface area contributed by atoms with Gasteiger partial charge in [-0.2, -0.15) is 0 Å². The number of fused-ring (bicyclic) bond motifs is 1. The number of carbonyl (C=O) groups excluding carboxylic acids is 3. The van der Waals surface area contributed by atoms with Crippen LogP contribution in [0.25, 0.3) is 11.3 Å². The molecule has 176 valence electrons. The topological polar surface area (TPSA) is 121 Å². The summed E-state index contributed by atoms with van der Waals surface area (Å²) in [6.07, 6.45) is 1.55. The molecule has 1 fully saturated rings. The van der Waals surface area contributed by atoms with E-state index in [0.29, 0.717) is 23.4 Å². The van der Waals surface area contributed by atoms with Crippen molar-refractivity contribution in [3.63, 3.8) is 0 Å². The number of phenolic OH excluding ortho intramolecular Hbond substituents is 1. The number of phenols is 1. The number of rotatable bonds is 2. The Morgan fingerprint density at radius 3 is 2.54 bits per heavy atom. The van der Waals surface area contributed by atoms with Crippen molar-refractivity contribution < 1.29 is 24.2 Å². The fourth-order valence-corrected chi connectivity index (χ4v) is 3.54. The Morgan fingerprint density at radius 2 is 1.89 bits per heavy atom. The molecule has 5 rings (SSSR count). The molecule has 0 spiro atoms. The molecule has 9 heteroatoms. The number of aromatic hydroxyl groups is 1. The van der Waals surface area contributed by atoms with Crippen molar-refractivity contribution in [1.82, 2.24) is 20.5 Å². The molecule has 3 heterocycles. The summed E-state index contributed by atoms with van der Waals surface area (Å²) in [5, 5.41) is 14.3. The molecule has 35 heavy (non-hydrogen) atoms. The summed E-state index contributed by atoms with van der Waals surface area (Å²) < 4.78 is 5.05. The van der Waals surface area contributed by atoms with Crippen LogP contribution in [-0.2, 0) is 11.3 Å². The number of nitrogens with one attached hydrogen (secondary N) is 2. The van der Waals surface area contributed by atoms with E-state index in [2.05, 4.69) is 27.5 Å². The number of pyridine rings is 1. The number of hydrogen-bond donors (Lipinski definition) is 3. The Hall–Kier alpha value is -4.84. The first-order chi connectivity index (χ1) is 16.9. The average Bonchev–Trinajstić information content (AvgIpc) is 3.34. The van der Waals surface area contributed by atoms with Gasteiger partial charge in [-0.25, -0.2) is 4.79 Å². The Labute approximate surface area is 201 Å². The molecule has 0 radical (unpaired) electrons. The van der Waals surface area contributed by atoms with Crippen molar-refractivity contribution in [1.29, 1.82) is 0 Å². The highest BCUT2D eigenvalue weighted by atomic mass is 16.5. The molecule has 9 nitrogen and oxygen atoms in total. The summed E-state index contributed by atoms with van der Waals surface area (Å²) >= 11 is 0. The van der Waals surface area contributed by atoms with Gasteiger partial charge in [-0.3, -0.25) is 19.9 Å². The van der Waals surface area contributed by atoms with Gasteiger partial charge in [0.2, 0.25) is 0 Å². The lowest BCUT2D eigenvalue weighted by Crippen LogP contribution is -2.26. The summed E-state index contributed by atoms with van der Waals surface area (Å²) in [4.78, 5) is 39.8. The first-order valence-electron chi connectivity index (χ1n) is 10.7. The summed E-state index contributed by atoms with van der Waals surface area (Å²) in [7, 11) is 3.40. The predicted octanol–water partition coefficient (Wildman–Crippen LogP) is 2.29. The molecule has 1 aromatic heterocycles. The van der Waals surface area contributed by atoms with Crippen molar-refractivity contribution in [3.05, 3.63) is 77.5 Å². The number of benzene rings is 2. The van der Waals surface area contributed by atoms with Crippen molar-refractivity contribution in [2.24, 2.45) is 0 Å². The second-order valence-corrected chi connectivity index (χ2v) is 7.80. The van der Waals surface area contributed by atoms with E-state index < -0.39 is 18.0 Å². The zero-order chi connectivity index (χ0) is 24.9. The summed E-state index contributed by atoms with van der Waals surface area (Å²) in [5.74, 6) is 5.95. The number of amides is 4. The zero-order valence-corrected chi connectivity index (χ0v) is 19.0. The van der Waals surface area contributed by atoms with Gasteiger partial charge >= 0.3 is 6.03 Å². The third kappa shape index (κ3) is 5.23. The lowest BCUT2D eigenvalue weighted by atomic mass is 10.1. The Kier molecular flexibility index (Phi) is 6.64. The summed E-state index contributed by atoms with van der Waals surface area (Å²) in [6.45, 7) is 0.707. The molecule has 2 aliphatic heterocycles. The van der Waals surface area contributed by atoms with Crippen LogP contribution in [0.15, 0.2) is 60.8 Å². The highest BCUT2D eigenvalue weighted by Gasteiger charge is 2.27. The number of para-hydroxylation sites is 1. The smallest absolute Gasteiger partial charge is 0.322 e. The first kappa shape index (κ1) is 23.3. The molecule has 0 aliphatic carbocycles.